The van der Waals surface area contributed by atoms with E-state index in [9.17, 15) is 9.59 Å². The summed E-state index contributed by atoms with van der Waals surface area (Å²) in [4.78, 5) is 28.4. The van der Waals surface area contributed by atoms with Gasteiger partial charge in [-0.2, -0.15) is 10.5 Å². The Morgan fingerprint density at radius 2 is 1.14 bits per heavy atom. The molecule has 28 heavy (non-hydrogen) atoms. The third-order valence-corrected chi connectivity index (χ3v) is 4.07. The van der Waals surface area contributed by atoms with E-state index in [2.05, 4.69) is 0 Å². The SMILES string of the molecule is COCCN(CCC#N)C(=O)c1ccc(C(=O)N(CCC#N)CCOC)cc1. The minimum atomic E-state index is -0.216. The van der Waals surface area contributed by atoms with Crippen molar-refractivity contribution in [2.75, 3.05) is 53.6 Å². The number of ether oxygens (including phenoxy) is 2. The van der Waals surface area contributed by atoms with Crippen LogP contribution in [0, 0.1) is 22.7 Å². The molecule has 1 rings (SSSR count). The molecule has 0 saturated carbocycles. The Kier molecular flexibility index (Phi) is 10.9. The fourth-order valence-electron chi connectivity index (χ4n) is 2.52. The van der Waals surface area contributed by atoms with Crippen LogP contribution in [0.15, 0.2) is 24.3 Å². The maximum Gasteiger partial charge on any atom is 0.253 e. The molecule has 0 bridgehead atoms. The minimum absolute atomic E-state index is 0.216. The summed E-state index contributed by atoms with van der Waals surface area (Å²) < 4.78 is 10.0. The quantitative estimate of drug-likeness (QED) is 0.541. The molecule has 0 spiro atoms. The van der Waals surface area contributed by atoms with E-state index in [0.29, 0.717) is 50.5 Å². The summed E-state index contributed by atoms with van der Waals surface area (Å²) in [7, 11) is 3.10. The average Bonchev–Trinajstić information content (AvgIpc) is 2.73. The highest BCUT2D eigenvalue weighted by atomic mass is 16.5. The third kappa shape index (κ3) is 7.36. The van der Waals surface area contributed by atoms with Crippen LogP contribution in [0.1, 0.15) is 33.6 Å². The lowest BCUT2D eigenvalue weighted by Crippen LogP contribution is -2.35. The number of nitriles is 2. The monoisotopic (exact) mass is 386 g/mol. The number of rotatable bonds is 12. The zero-order valence-corrected chi connectivity index (χ0v) is 16.4. The number of carbonyl (C=O) groups excluding carboxylic acids is 2. The molecule has 0 heterocycles. The van der Waals surface area contributed by atoms with Crippen molar-refractivity contribution in [2.24, 2.45) is 0 Å². The molecule has 0 radical (unpaired) electrons. The van der Waals surface area contributed by atoms with Crippen LogP contribution < -0.4 is 0 Å². The molecule has 0 atom stereocenters. The van der Waals surface area contributed by atoms with Gasteiger partial charge in [0.05, 0.1) is 38.2 Å². The van der Waals surface area contributed by atoms with Crippen molar-refractivity contribution in [3.8, 4) is 12.1 Å². The summed E-state index contributed by atoms with van der Waals surface area (Å²) in [6, 6.07) is 10.5. The Morgan fingerprint density at radius 1 is 0.786 bits per heavy atom. The predicted octanol–water partition coefficient (Wildman–Crippen LogP) is 1.69. The van der Waals surface area contributed by atoms with Crippen LogP contribution in [0.5, 0.6) is 0 Å². The van der Waals surface area contributed by atoms with Gasteiger partial charge in [-0.1, -0.05) is 0 Å². The molecular formula is C20H26N4O4. The second-order valence-corrected chi connectivity index (χ2v) is 5.96. The molecule has 1 aromatic rings. The van der Waals surface area contributed by atoms with Gasteiger partial charge in [0.15, 0.2) is 0 Å². The van der Waals surface area contributed by atoms with Crippen molar-refractivity contribution in [1.29, 1.82) is 10.5 Å². The van der Waals surface area contributed by atoms with Gasteiger partial charge in [-0.25, -0.2) is 0 Å². The Balaban J connectivity index is 2.88. The first kappa shape index (κ1) is 23.1. The fourth-order valence-corrected chi connectivity index (χ4v) is 2.52. The first-order valence-corrected chi connectivity index (χ1v) is 8.99. The first-order valence-electron chi connectivity index (χ1n) is 8.99. The van der Waals surface area contributed by atoms with Crippen LogP contribution in [0.2, 0.25) is 0 Å². The van der Waals surface area contributed by atoms with E-state index in [-0.39, 0.29) is 24.7 Å². The van der Waals surface area contributed by atoms with E-state index in [0.717, 1.165) is 0 Å². The summed E-state index contributed by atoms with van der Waals surface area (Å²) in [5.74, 6) is -0.431. The highest BCUT2D eigenvalue weighted by Crippen LogP contribution is 2.11. The zero-order valence-electron chi connectivity index (χ0n) is 16.4. The van der Waals surface area contributed by atoms with Gasteiger partial charge < -0.3 is 19.3 Å². The van der Waals surface area contributed by atoms with Gasteiger partial charge in [0, 0.05) is 51.5 Å². The van der Waals surface area contributed by atoms with Gasteiger partial charge in [-0.15, -0.1) is 0 Å². The van der Waals surface area contributed by atoms with Gasteiger partial charge in [-0.05, 0) is 24.3 Å². The lowest BCUT2D eigenvalue weighted by Gasteiger charge is -2.22. The normalized spacial score (nSPS) is 10.0. The van der Waals surface area contributed by atoms with Crippen LogP contribution in [0.4, 0.5) is 0 Å². The molecule has 2 amide bonds. The van der Waals surface area contributed by atoms with Gasteiger partial charge >= 0.3 is 0 Å². The van der Waals surface area contributed by atoms with Gasteiger partial charge in [0.2, 0.25) is 0 Å². The number of hydrogen-bond donors (Lipinski definition) is 0. The number of methoxy groups -OCH3 is 2. The van der Waals surface area contributed by atoms with E-state index in [1.807, 2.05) is 12.1 Å². The summed E-state index contributed by atoms with van der Waals surface area (Å²) in [5.41, 5.74) is 0.872. The zero-order chi connectivity index (χ0) is 20.8. The van der Waals surface area contributed by atoms with Crippen molar-refractivity contribution in [3.05, 3.63) is 35.4 Å². The maximum atomic E-state index is 12.7. The Bertz CT molecular complexity index is 645. The van der Waals surface area contributed by atoms with E-state index in [1.54, 1.807) is 48.3 Å². The molecule has 0 fully saturated rings. The molecule has 0 N–H and O–H groups in total. The van der Waals surface area contributed by atoms with E-state index in [1.165, 1.54) is 0 Å². The first-order chi connectivity index (χ1) is 13.6. The highest BCUT2D eigenvalue weighted by Gasteiger charge is 2.18. The molecule has 150 valence electrons. The third-order valence-electron chi connectivity index (χ3n) is 4.07. The Morgan fingerprint density at radius 3 is 1.43 bits per heavy atom. The lowest BCUT2D eigenvalue weighted by atomic mass is 10.1. The number of carbonyl (C=O) groups is 2. The molecular weight excluding hydrogens is 360 g/mol. The molecule has 0 aliphatic carbocycles. The van der Waals surface area contributed by atoms with Crippen LogP contribution in [0.25, 0.3) is 0 Å². The van der Waals surface area contributed by atoms with Crippen LogP contribution in [0.3, 0.4) is 0 Å². The largest absolute Gasteiger partial charge is 0.383 e. The molecule has 8 heteroatoms. The second kappa shape index (κ2) is 13.3. The van der Waals surface area contributed by atoms with Crippen LogP contribution >= 0.6 is 0 Å². The van der Waals surface area contributed by atoms with Crippen molar-refractivity contribution in [2.45, 2.75) is 12.8 Å². The Labute approximate surface area is 165 Å². The smallest absolute Gasteiger partial charge is 0.253 e. The predicted molar refractivity (Wildman–Crippen MR) is 102 cm³/mol. The van der Waals surface area contributed by atoms with Crippen molar-refractivity contribution in [3.63, 3.8) is 0 Å². The van der Waals surface area contributed by atoms with Crippen LogP contribution in [-0.4, -0.2) is 75.2 Å². The lowest BCUT2D eigenvalue weighted by molar-refractivity contribution is 0.0689. The van der Waals surface area contributed by atoms with Crippen molar-refractivity contribution < 1.29 is 19.1 Å². The second-order valence-electron chi connectivity index (χ2n) is 5.96. The van der Waals surface area contributed by atoms with Crippen molar-refractivity contribution in [1.82, 2.24) is 9.80 Å². The molecule has 0 aliphatic rings. The summed E-state index contributed by atoms with van der Waals surface area (Å²) in [5, 5.41) is 17.6. The molecule has 0 unspecified atom stereocenters. The Hall–Kier alpha value is -2.94. The fraction of sp³-hybridized carbons (Fsp3) is 0.500. The van der Waals surface area contributed by atoms with Gasteiger partial charge in [0.1, 0.15) is 0 Å². The molecule has 8 nitrogen and oxygen atoms in total. The average molecular weight is 386 g/mol. The van der Waals surface area contributed by atoms with Gasteiger partial charge in [0.25, 0.3) is 11.8 Å². The molecule has 0 aromatic heterocycles. The van der Waals surface area contributed by atoms with Crippen molar-refractivity contribution >= 4 is 11.8 Å². The van der Waals surface area contributed by atoms with E-state index >= 15 is 0 Å². The summed E-state index contributed by atoms with van der Waals surface area (Å²) >= 11 is 0. The molecule has 0 aliphatic heterocycles. The number of hydrogen-bond acceptors (Lipinski definition) is 6. The molecule has 0 saturated heterocycles. The summed E-state index contributed by atoms with van der Waals surface area (Å²) in [6.45, 7) is 2.16. The maximum absolute atomic E-state index is 12.7. The standard InChI is InChI=1S/C20H26N4O4/c1-27-15-13-23(11-3-9-21)19(25)17-5-7-18(8-6-17)20(26)24(12-4-10-22)14-16-28-2/h5-8H,3-4,11-16H2,1-2H3. The van der Waals surface area contributed by atoms with E-state index in [4.69, 9.17) is 20.0 Å². The number of nitrogens with zero attached hydrogens (tertiary/aromatic N) is 4. The van der Waals surface area contributed by atoms with Crippen LogP contribution in [-0.2, 0) is 9.47 Å². The molecule has 1 aromatic carbocycles. The van der Waals surface area contributed by atoms with E-state index < -0.39 is 0 Å². The minimum Gasteiger partial charge on any atom is -0.383 e. The highest BCUT2D eigenvalue weighted by molar-refractivity contribution is 5.97. The number of benzene rings is 1. The topological polar surface area (TPSA) is 107 Å². The van der Waals surface area contributed by atoms with Gasteiger partial charge in [-0.3, -0.25) is 9.59 Å². The summed E-state index contributed by atoms with van der Waals surface area (Å²) in [6.07, 6.45) is 0.471. The number of amides is 2.